The fourth-order valence-electron chi connectivity index (χ4n) is 1.45. The van der Waals surface area contributed by atoms with Crippen molar-refractivity contribution in [3.05, 3.63) is 27.7 Å². The lowest BCUT2D eigenvalue weighted by atomic mass is 10.1. The van der Waals surface area contributed by atoms with Gasteiger partial charge in [0, 0.05) is 13.0 Å². The molecular weight excluding hydrogens is 209 g/mol. The van der Waals surface area contributed by atoms with Crippen LogP contribution in [0.15, 0.2) is 12.1 Å². The molecule has 0 fully saturated rings. The van der Waals surface area contributed by atoms with Crippen molar-refractivity contribution in [2.24, 2.45) is 5.73 Å². The van der Waals surface area contributed by atoms with E-state index in [2.05, 4.69) is 0 Å². The molecule has 0 bridgehead atoms. The van der Waals surface area contributed by atoms with E-state index in [1.807, 2.05) is 6.07 Å². The van der Waals surface area contributed by atoms with Crippen LogP contribution in [0.1, 0.15) is 5.56 Å². The van der Waals surface area contributed by atoms with Crippen molar-refractivity contribution < 1.29 is 4.74 Å². The SMILES string of the molecule is NCC1Cc2ccc(Cl)c(Cl)c2O1. The first kappa shape index (κ1) is 9.13. The molecule has 1 aliphatic heterocycles. The second-order valence-electron chi connectivity index (χ2n) is 3.03. The summed E-state index contributed by atoms with van der Waals surface area (Å²) in [5, 5.41) is 1.02. The highest BCUT2D eigenvalue weighted by molar-refractivity contribution is 6.43. The minimum atomic E-state index is 0.0472. The standard InChI is InChI=1S/C9H9Cl2NO/c10-7-2-1-5-3-6(4-12)13-9(5)8(7)11/h1-2,6H,3-4,12H2. The van der Waals surface area contributed by atoms with Gasteiger partial charge in [0.15, 0.2) is 0 Å². The van der Waals surface area contributed by atoms with Gasteiger partial charge in [0.25, 0.3) is 0 Å². The molecule has 1 unspecified atom stereocenters. The van der Waals surface area contributed by atoms with Gasteiger partial charge in [-0.3, -0.25) is 0 Å². The van der Waals surface area contributed by atoms with Crippen molar-refractivity contribution >= 4 is 23.2 Å². The molecule has 0 radical (unpaired) electrons. The van der Waals surface area contributed by atoms with Gasteiger partial charge in [-0.05, 0) is 11.6 Å². The molecular formula is C9H9Cl2NO. The highest BCUT2D eigenvalue weighted by atomic mass is 35.5. The number of halogens is 2. The molecule has 0 aliphatic carbocycles. The van der Waals surface area contributed by atoms with Crippen LogP contribution >= 0.6 is 23.2 Å². The second-order valence-corrected chi connectivity index (χ2v) is 3.81. The molecule has 4 heteroatoms. The predicted octanol–water partition coefficient (Wildman–Crippen LogP) is 2.26. The highest BCUT2D eigenvalue weighted by Gasteiger charge is 2.24. The monoisotopic (exact) mass is 217 g/mol. The van der Waals surface area contributed by atoms with Gasteiger partial charge in [-0.15, -0.1) is 0 Å². The maximum absolute atomic E-state index is 5.96. The van der Waals surface area contributed by atoms with Crippen LogP contribution in [0.4, 0.5) is 0 Å². The van der Waals surface area contributed by atoms with Gasteiger partial charge in [-0.2, -0.15) is 0 Å². The molecule has 1 aromatic carbocycles. The number of ether oxygens (including phenoxy) is 1. The maximum Gasteiger partial charge on any atom is 0.143 e. The van der Waals surface area contributed by atoms with E-state index in [9.17, 15) is 0 Å². The van der Waals surface area contributed by atoms with Crippen molar-refractivity contribution in [1.29, 1.82) is 0 Å². The van der Waals surface area contributed by atoms with Crippen LogP contribution in [-0.2, 0) is 6.42 Å². The molecule has 2 N–H and O–H groups in total. The first-order chi connectivity index (χ1) is 6.22. The minimum absolute atomic E-state index is 0.0472. The molecule has 70 valence electrons. The van der Waals surface area contributed by atoms with Crippen molar-refractivity contribution in [2.45, 2.75) is 12.5 Å². The Balaban J connectivity index is 2.40. The van der Waals surface area contributed by atoms with E-state index >= 15 is 0 Å². The van der Waals surface area contributed by atoms with E-state index in [4.69, 9.17) is 33.7 Å². The lowest BCUT2D eigenvalue weighted by Crippen LogP contribution is -2.24. The average molecular weight is 218 g/mol. The summed E-state index contributed by atoms with van der Waals surface area (Å²) in [6.07, 6.45) is 0.869. The zero-order valence-corrected chi connectivity index (χ0v) is 8.40. The van der Waals surface area contributed by atoms with Gasteiger partial charge in [-0.25, -0.2) is 0 Å². The van der Waals surface area contributed by atoms with Crippen molar-refractivity contribution in [3.63, 3.8) is 0 Å². The molecule has 2 nitrogen and oxygen atoms in total. The summed E-state index contributed by atoms with van der Waals surface area (Å²) in [5.41, 5.74) is 6.59. The fourth-order valence-corrected chi connectivity index (χ4v) is 1.82. The van der Waals surface area contributed by atoms with Gasteiger partial charge < -0.3 is 10.5 Å². The Bertz CT molecular complexity index is 341. The van der Waals surface area contributed by atoms with Crippen LogP contribution < -0.4 is 10.5 Å². The summed E-state index contributed by atoms with van der Waals surface area (Å²) < 4.78 is 5.53. The molecule has 1 atom stereocenters. The van der Waals surface area contributed by atoms with Crippen LogP contribution in [0, 0.1) is 0 Å². The summed E-state index contributed by atoms with van der Waals surface area (Å²) in [6, 6.07) is 3.71. The van der Waals surface area contributed by atoms with Gasteiger partial charge in [0.05, 0.1) is 5.02 Å². The second kappa shape index (κ2) is 3.37. The minimum Gasteiger partial charge on any atom is -0.487 e. The number of benzene rings is 1. The van der Waals surface area contributed by atoms with Crippen molar-refractivity contribution in [1.82, 2.24) is 0 Å². The van der Waals surface area contributed by atoms with E-state index in [1.54, 1.807) is 6.07 Å². The zero-order chi connectivity index (χ0) is 9.42. The van der Waals surface area contributed by atoms with Crippen LogP contribution in [0.5, 0.6) is 5.75 Å². The molecule has 0 spiro atoms. The summed E-state index contributed by atoms with van der Waals surface area (Å²) in [7, 11) is 0. The number of rotatable bonds is 1. The van der Waals surface area contributed by atoms with E-state index in [0.29, 0.717) is 22.3 Å². The maximum atomic E-state index is 5.96. The Hall–Kier alpha value is -0.440. The molecule has 0 saturated heterocycles. The quantitative estimate of drug-likeness (QED) is 0.784. The van der Waals surface area contributed by atoms with Crippen molar-refractivity contribution in [3.8, 4) is 5.75 Å². The average Bonchev–Trinajstić information content (AvgIpc) is 2.55. The topological polar surface area (TPSA) is 35.2 Å². The largest absolute Gasteiger partial charge is 0.487 e. The molecule has 2 rings (SSSR count). The molecule has 13 heavy (non-hydrogen) atoms. The molecule has 0 saturated carbocycles. The molecule has 1 heterocycles. The molecule has 0 amide bonds. The first-order valence-electron chi connectivity index (χ1n) is 4.06. The van der Waals surface area contributed by atoms with Gasteiger partial charge >= 0.3 is 0 Å². The zero-order valence-electron chi connectivity index (χ0n) is 6.89. The Morgan fingerprint density at radius 1 is 1.46 bits per heavy atom. The fraction of sp³-hybridized carbons (Fsp3) is 0.333. The highest BCUT2D eigenvalue weighted by Crippen LogP contribution is 2.39. The molecule has 1 aliphatic rings. The van der Waals surface area contributed by atoms with Gasteiger partial charge in [-0.1, -0.05) is 29.3 Å². The lowest BCUT2D eigenvalue weighted by molar-refractivity contribution is 0.241. The Morgan fingerprint density at radius 2 is 2.23 bits per heavy atom. The Morgan fingerprint density at radius 3 is 2.92 bits per heavy atom. The van der Waals surface area contributed by atoms with E-state index in [1.165, 1.54) is 0 Å². The van der Waals surface area contributed by atoms with Crippen molar-refractivity contribution in [2.75, 3.05) is 6.54 Å². The summed E-state index contributed by atoms with van der Waals surface area (Å²) >= 11 is 11.8. The summed E-state index contributed by atoms with van der Waals surface area (Å²) in [6.45, 7) is 0.503. The number of hydrogen-bond donors (Lipinski definition) is 1. The van der Waals surface area contributed by atoms with Crippen LogP contribution in [0.25, 0.3) is 0 Å². The van der Waals surface area contributed by atoms with Gasteiger partial charge in [0.1, 0.15) is 16.9 Å². The smallest absolute Gasteiger partial charge is 0.143 e. The van der Waals surface area contributed by atoms with E-state index in [0.717, 1.165) is 12.0 Å². The molecule has 0 aromatic heterocycles. The Kier molecular flexibility index (Phi) is 2.37. The van der Waals surface area contributed by atoms with Gasteiger partial charge in [0.2, 0.25) is 0 Å². The summed E-state index contributed by atoms with van der Waals surface area (Å²) in [4.78, 5) is 0. The van der Waals surface area contributed by atoms with Crippen LogP contribution in [0.3, 0.4) is 0 Å². The van der Waals surface area contributed by atoms with Crippen LogP contribution in [-0.4, -0.2) is 12.6 Å². The van der Waals surface area contributed by atoms with E-state index in [-0.39, 0.29) is 6.10 Å². The third-order valence-electron chi connectivity index (χ3n) is 2.13. The summed E-state index contributed by atoms with van der Waals surface area (Å²) in [5.74, 6) is 0.699. The molecule has 1 aromatic rings. The normalized spacial score (nSPS) is 19.8. The number of hydrogen-bond acceptors (Lipinski definition) is 2. The van der Waals surface area contributed by atoms with E-state index < -0.39 is 0 Å². The van der Waals surface area contributed by atoms with Crippen LogP contribution in [0.2, 0.25) is 10.0 Å². The number of nitrogens with two attached hydrogens (primary N) is 1. The third kappa shape index (κ3) is 1.50. The lowest BCUT2D eigenvalue weighted by Gasteiger charge is -2.07. The third-order valence-corrected chi connectivity index (χ3v) is 2.91. The number of fused-ring (bicyclic) bond motifs is 1. The predicted molar refractivity (Wildman–Crippen MR) is 53.6 cm³/mol. The first-order valence-corrected chi connectivity index (χ1v) is 4.81. The Labute approximate surface area is 86.6 Å².